The van der Waals surface area contributed by atoms with Crippen LogP contribution in [0.3, 0.4) is 0 Å². The van der Waals surface area contributed by atoms with Crippen molar-refractivity contribution in [3.05, 3.63) is 54.1 Å². The summed E-state index contributed by atoms with van der Waals surface area (Å²) >= 11 is 0. The van der Waals surface area contributed by atoms with Crippen LogP contribution in [0.25, 0.3) is 6.08 Å². The third-order valence-corrected chi connectivity index (χ3v) is 3.35. The Kier molecular flexibility index (Phi) is 6.89. The molecule has 0 aliphatic rings. The van der Waals surface area contributed by atoms with Gasteiger partial charge in [-0.3, -0.25) is 4.79 Å². The van der Waals surface area contributed by atoms with Gasteiger partial charge in [-0.25, -0.2) is 0 Å². The van der Waals surface area contributed by atoms with Crippen molar-refractivity contribution in [1.82, 2.24) is 0 Å². The number of nitrogens with one attached hydrogen (secondary N) is 1. The molecule has 0 saturated carbocycles. The number of rotatable bonds is 8. The average molecular weight is 341 g/mol. The molecule has 0 aliphatic carbocycles. The van der Waals surface area contributed by atoms with Crippen molar-refractivity contribution in [2.24, 2.45) is 0 Å². The van der Waals surface area contributed by atoms with Crippen LogP contribution in [0.1, 0.15) is 19.4 Å². The van der Waals surface area contributed by atoms with E-state index >= 15 is 0 Å². The van der Waals surface area contributed by atoms with Gasteiger partial charge in [0, 0.05) is 11.8 Å². The molecule has 0 heterocycles. The molecule has 0 fully saturated rings. The van der Waals surface area contributed by atoms with Crippen LogP contribution in [-0.4, -0.2) is 26.2 Å². The molecule has 2 aromatic rings. The van der Waals surface area contributed by atoms with Crippen LogP contribution >= 0.6 is 0 Å². The van der Waals surface area contributed by atoms with E-state index in [-0.39, 0.29) is 5.91 Å². The van der Waals surface area contributed by atoms with E-state index in [1.165, 1.54) is 6.08 Å². The van der Waals surface area contributed by atoms with Gasteiger partial charge in [0.2, 0.25) is 5.91 Å². The molecule has 1 N–H and O–H groups in total. The fraction of sp³-hybridized carbons (Fsp3) is 0.250. The van der Waals surface area contributed by atoms with Gasteiger partial charge in [-0.2, -0.15) is 0 Å². The van der Waals surface area contributed by atoms with Gasteiger partial charge < -0.3 is 19.5 Å². The molecule has 0 radical (unpaired) electrons. The van der Waals surface area contributed by atoms with Crippen LogP contribution in [0, 0.1) is 0 Å². The summed E-state index contributed by atoms with van der Waals surface area (Å²) in [6.07, 6.45) is 3.20. The molecule has 0 unspecified atom stereocenters. The molecule has 2 aromatic carbocycles. The van der Waals surface area contributed by atoms with Crippen LogP contribution in [0.15, 0.2) is 48.5 Å². The van der Waals surface area contributed by atoms with Crippen LogP contribution in [0.5, 0.6) is 17.2 Å². The van der Waals surface area contributed by atoms with E-state index in [2.05, 4.69) is 5.32 Å². The zero-order valence-electron chi connectivity index (χ0n) is 14.7. The Labute approximate surface area is 148 Å². The molecule has 25 heavy (non-hydrogen) atoms. The monoisotopic (exact) mass is 341 g/mol. The lowest BCUT2D eigenvalue weighted by Crippen LogP contribution is -2.07. The predicted octanol–water partition coefficient (Wildman–Crippen LogP) is 4.14. The number of amides is 1. The summed E-state index contributed by atoms with van der Waals surface area (Å²) in [6, 6.07) is 12.8. The summed E-state index contributed by atoms with van der Waals surface area (Å²) in [4.78, 5) is 12.0. The molecule has 0 bridgehead atoms. The van der Waals surface area contributed by atoms with E-state index in [1.807, 2.05) is 44.2 Å². The van der Waals surface area contributed by atoms with Gasteiger partial charge in [0.15, 0.2) is 11.5 Å². The smallest absolute Gasteiger partial charge is 0.248 e. The van der Waals surface area contributed by atoms with Crippen molar-refractivity contribution in [2.45, 2.75) is 13.8 Å². The number of methoxy groups -OCH3 is 1. The molecule has 0 aromatic heterocycles. The van der Waals surface area contributed by atoms with Crippen molar-refractivity contribution in [2.75, 3.05) is 25.6 Å². The highest BCUT2D eigenvalue weighted by atomic mass is 16.5. The first kappa shape index (κ1) is 18.4. The number of ether oxygens (including phenoxy) is 3. The molecule has 5 heteroatoms. The maximum atomic E-state index is 12.0. The fourth-order valence-electron chi connectivity index (χ4n) is 2.22. The summed E-state index contributed by atoms with van der Waals surface area (Å²) in [5.74, 6) is 1.88. The normalized spacial score (nSPS) is 10.5. The molecule has 5 nitrogen and oxygen atoms in total. The van der Waals surface area contributed by atoms with Crippen LogP contribution in [0.2, 0.25) is 0 Å². The van der Waals surface area contributed by atoms with Gasteiger partial charge in [-0.15, -0.1) is 0 Å². The van der Waals surface area contributed by atoms with E-state index in [0.717, 1.165) is 11.3 Å². The lowest BCUT2D eigenvalue weighted by Gasteiger charge is -2.09. The molecule has 132 valence electrons. The first-order valence-corrected chi connectivity index (χ1v) is 8.19. The highest BCUT2D eigenvalue weighted by Crippen LogP contribution is 2.28. The standard InChI is InChI=1S/C20H23NO4/c1-4-24-17-10-8-16(9-11-17)21-20(22)13-7-15-6-12-18(25-5-2)19(14-15)23-3/h6-14H,4-5H2,1-3H3,(H,21,22)/b13-7+. The summed E-state index contributed by atoms with van der Waals surface area (Å²) in [6.45, 7) is 5.02. The number of hydrogen-bond acceptors (Lipinski definition) is 4. The average Bonchev–Trinajstić information content (AvgIpc) is 2.63. The number of anilines is 1. The third-order valence-electron chi connectivity index (χ3n) is 3.35. The van der Waals surface area contributed by atoms with Crippen LogP contribution in [-0.2, 0) is 4.79 Å². The van der Waals surface area contributed by atoms with Gasteiger partial charge >= 0.3 is 0 Å². The van der Waals surface area contributed by atoms with E-state index < -0.39 is 0 Å². The van der Waals surface area contributed by atoms with Gasteiger partial charge in [0.25, 0.3) is 0 Å². The topological polar surface area (TPSA) is 56.8 Å². The highest BCUT2D eigenvalue weighted by Gasteiger charge is 2.04. The van der Waals surface area contributed by atoms with Gasteiger partial charge in [-0.05, 0) is 61.9 Å². The number of carbonyl (C=O) groups excluding carboxylic acids is 1. The molecule has 0 saturated heterocycles. The summed E-state index contributed by atoms with van der Waals surface area (Å²) in [7, 11) is 1.59. The number of benzene rings is 2. The molecular weight excluding hydrogens is 318 g/mol. The maximum absolute atomic E-state index is 12.0. The van der Waals surface area contributed by atoms with E-state index in [1.54, 1.807) is 25.3 Å². The van der Waals surface area contributed by atoms with Gasteiger partial charge in [0.05, 0.1) is 20.3 Å². The lowest BCUT2D eigenvalue weighted by atomic mass is 10.2. The molecule has 0 spiro atoms. The largest absolute Gasteiger partial charge is 0.494 e. The minimum Gasteiger partial charge on any atom is -0.494 e. The van der Waals surface area contributed by atoms with E-state index in [4.69, 9.17) is 14.2 Å². The van der Waals surface area contributed by atoms with Gasteiger partial charge in [-0.1, -0.05) is 6.07 Å². The zero-order valence-corrected chi connectivity index (χ0v) is 14.7. The second-order valence-electron chi connectivity index (χ2n) is 5.12. The van der Waals surface area contributed by atoms with Crippen molar-refractivity contribution in [3.8, 4) is 17.2 Å². The van der Waals surface area contributed by atoms with Crippen molar-refractivity contribution >= 4 is 17.7 Å². The Morgan fingerprint density at radius 1 is 1.00 bits per heavy atom. The van der Waals surface area contributed by atoms with Crippen molar-refractivity contribution in [3.63, 3.8) is 0 Å². The molecule has 2 rings (SSSR count). The van der Waals surface area contributed by atoms with Crippen LogP contribution in [0.4, 0.5) is 5.69 Å². The second-order valence-corrected chi connectivity index (χ2v) is 5.12. The second kappa shape index (κ2) is 9.37. The minimum atomic E-state index is -0.211. The first-order valence-electron chi connectivity index (χ1n) is 8.19. The maximum Gasteiger partial charge on any atom is 0.248 e. The summed E-state index contributed by atoms with van der Waals surface area (Å²) < 4.78 is 16.1. The molecular formula is C20H23NO4. The third kappa shape index (κ3) is 5.57. The summed E-state index contributed by atoms with van der Waals surface area (Å²) in [5.41, 5.74) is 1.56. The highest BCUT2D eigenvalue weighted by molar-refractivity contribution is 6.01. The fourth-order valence-corrected chi connectivity index (χ4v) is 2.22. The Hall–Kier alpha value is -2.95. The first-order chi connectivity index (χ1) is 12.2. The van der Waals surface area contributed by atoms with E-state index in [0.29, 0.717) is 30.4 Å². The Morgan fingerprint density at radius 3 is 2.36 bits per heavy atom. The number of carbonyl (C=O) groups is 1. The van der Waals surface area contributed by atoms with Crippen molar-refractivity contribution in [1.29, 1.82) is 0 Å². The minimum absolute atomic E-state index is 0.211. The number of hydrogen-bond donors (Lipinski definition) is 1. The zero-order chi connectivity index (χ0) is 18.1. The summed E-state index contributed by atoms with van der Waals surface area (Å²) in [5, 5.41) is 2.80. The Morgan fingerprint density at radius 2 is 1.72 bits per heavy atom. The van der Waals surface area contributed by atoms with Gasteiger partial charge in [0.1, 0.15) is 5.75 Å². The quantitative estimate of drug-likeness (QED) is 0.733. The van der Waals surface area contributed by atoms with E-state index in [9.17, 15) is 4.79 Å². The predicted molar refractivity (Wildman–Crippen MR) is 99.4 cm³/mol. The molecule has 0 atom stereocenters. The lowest BCUT2D eigenvalue weighted by molar-refractivity contribution is -0.111. The molecule has 0 aliphatic heterocycles. The van der Waals surface area contributed by atoms with Crippen LogP contribution < -0.4 is 19.5 Å². The Bertz CT molecular complexity index is 723. The molecule has 1 amide bonds. The Balaban J connectivity index is 1.99. The van der Waals surface area contributed by atoms with Crippen molar-refractivity contribution < 1.29 is 19.0 Å². The SMILES string of the molecule is CCOc1ccc(NC(=O)/C=C/c2ccc(OCC)c(OC)c2)cc1.